The highest BCUT2D eigenvalue weighted by molar-refractivity contribution is 7.99. The van der Waals surface area contributed by atoms with Crippen LogP contribution in [0.2, 0.25) is 0 Å². The minimum Gasteiger partial charge on any atom is -0.440 e. The number of hydrogen-bond donors (Lipinski definition) is 0. The Bertz CT molecular complexity index is 520. The maximum atomic E-state index is 12.0. The molecule has 0 atom stereocenters. The molecule has 0 N–H and O–H groups in total. The van der Waals surface area contributed by atoms with Crippen LogP contribution in [0, 0.1) is 13.8 Å². The van der Waals surface area contributed by atoms with E-state index in [4.69, 9.17) is 4.42 Å². The van der Waals surface area contributed by atoms with Gasteiger partial charge < -0.3 is 4.42 Å². The Hall–Kier alpha value is -1.55. The number of thioether (sulfide) groups is 1. The Balaban J connectivity index is 2.07. The van der Waals surface area contributed by atoms with Crippen molar-refractivity contribution in [2.75, 3.05) is 5.75 Å². The van der Waals surface area contributed by atoms with Crippen LogP contribution in [0.5, 0.6) is 0 Å². The number of Topliss-reactive ketones (excluding diaryl/α,β-unsaturated/α-hetero) is 1. The van der Waals surface area contributed by atoms with Crippen molar-refractivity contribution < 1.29 is 9.21 Å². The molecule has 0 saturated carbocycles. The van der Waals surface area contributed by atoms with Crippen LogP contribution in [0.1, 0.15) is 21.5 Å². The van der Waals surface area contributed by atoms with E-state index in [1.165, 1.54) is 18.0 Å². The molecule has 0 aliphatic heterocycles. The van der Waals surface area contributed by atoms with Gasteiger partial charge in [-0.05, 0) is 25.5 Å². The van der Waals surface area contributed by atoms with Gasteiger partial charge in [-0.25, -0.2) is 4.98 Å². The molecule has 2 rings (SSSR count). The zero-order chi connectivity index (χ0) is 12.3. The largest absolute Gasteiger partial charge is 0.440 e. The molecule has 0 aliphatic rings. The molecule has 88 valence electrons. The fraction of sp³-hybridized carbons (Fsp3) is 0.231. The molecule has 1 aromatic carbocycles. The topological polar surface area (TPSA) is 43.1 Å². The van der Waals surface area contributed by atoms with E-state index in [0.717, 1.165) is 16.7 Å². The number of rotatable bonds is 4. The molecule has 0 aliphatic carbocycles. The Kier molecular flexibility index (Phi) is 3.64. The molecule has 0 unspecified atom stereocenters. The van der Waals surface area contributed by atoms with Crippen molar-refractivity contribution in [1.82, 2.24) is 4.98 Å². The predicted molar refractivity (Wildman–Crippen MR) is 67.5 cm³/mol. The van der Waals surface area contributed by atoms with Gasteiger partial charge in [0, 0.05) is 5.56 Å². The molecule has 1 heterocycles. The monoisotopic (exact) mass is 247 g/mol. The van der Waals surface area contributed by atoms with Crippen molar-refractivity contribution in [3.8, 4) is 0 Å². The number of ketones is 1. The first-order valence-electron chi connectivity index (χ1n) is 5.29. The zero-order valence-electron chi connectivity index (χ0n) is 9.77. The van der Waals surface area contributed by atoms with Crippen LogP contribution in [-0.4, -0.2) is 16.5 Å². The van der Waals surface area contributed by atoms with Gasteiger partial charge in [0.05, 0.1) is 11.9 Å². The van der Waals surface area contributed by atoms with E-state index >= 15 is 0 Å². The van der Waals surface area contributed by atoms with Crippen molar-refractivity contribution in [1.29, 1.82) is 0 Å². The van der Waals surface area contributed by atoms with Crippen molar-refractivity contribution in [2.24, 2.45) is 0 Å². The third-order valence-electron chi connectivity index (χ3n) is 2.43. The second-order valence-corrected chi connectivity index (χ2v) is 4.75. The third kappa shape index (κ3) is 2.97. The Morgan fingerprint density at radius 3 is 2.94 bits per heavy atom. The molecule has 17 heavy (non-hydrogen) atoms. The number of aromatic nitrogens is 1. The van der Waals surface area contributed by atoms with Gasteiger partial charge in [-0.15, -0.1) is 0 Å². The van der Waals surface area contributed by atoms with Gasteiger partial charge in [0.1, 0.15) is 6.26 Å². The van der Waals surface area contributed by atoms with Gasteiger partial charge in [-0.1, -0.05) is 29.5 Å². The summed E-state index contributed by atoms with van der Waals surface area (Å²) in [5.74, 6) is 0.458. The van der Waals surface area contributed by atoms with Crippen LogP contribution in [0.15, 0.2) is 40.3 Å². The van der Waals surface area contributed by atoms with Crippen LogP contribution < -0.4 is 0 Å². The maximum Gasteiger partial charge on any atom is 0.255 e. The summed E-state index contributed by atoms with van der Waals surface area (Å²) in [6, 6.07) is 5.90. The molecule has 0 spiro atoms. The number of oxazole rings is 1. The van der Waals surface area contributed by atoms with Crippen LogP contribution >= 0.6 is 11.8 Å². The van der Waals surface area contributed by atoms with Crippen molar-refractivity contribution in [2.45, 2.75) is 19.1 Å². The Morgan fingerprint density at radius 1 is 1.41 bits per heavy atom. The summed E-state index contributed by atoms with van der Waals surface area (Å²) in [6.07, 6.45) is 3.08. The van der Waals surface area contributed by atoms with Crippen molar-refractivity contribution in [3.05, 3.63) is 47.3 Å². The van der Waals surface area contributed by atoms with Gasteiger partial charge in [-0.3, -0.25) is 4.79 Å². The van der Waals surface area contributed by atoms with E-state index in [0.29, 0.717) is 11.0 Å². The number of nitrogens with zero attached hydrogens (tertiary/aromatic N) is 1. The third-order valence-corrected chi connectivity index (χ3v) is 3.28. The second kappa shape index (κ2) is 5.19. The quantitative estimate of drug-likeness (QED) is 0.614. The predicted octanol–water partition coefficient (Wildman–Crippen LogP) is 3.27. The average Bonchev–Trinajstić information content (AvgIpc) is 2.82. The first-order valence-corrected chi connectivity index (χ1v) is 6.28. The number of carbonyl (C=O) groups is 1. The van der Waals surface area contributed by atoms with E-state index in [1.807, 2.05) is 32.0 Å². The highest BCUT2D eigenvalue weighted by Gasteiger charge is 2.11. The van der Waals surface area contributed by atoms with Crippen LogP contribution in [0.25, 0.3) is 0 Å². The van der Waals surface area contributed by atoms with Crippen LogP contribution in [0.4, 0.5) is 0 Å². The van der Waals surface area contributed by atoms with Gasteiger partial charge >= 0.3 is 0 Å². The second-order valence-electron chi connectivity index (χ2n) is 3.83. The van der Waals surface area contributed by atoms with Gasteiger partial charge in [0.2, 0.25) is 0 Å². The maximum absolute atomic E-state index is 12.0. The summed E-state index contributed by atoms with van der Waals surface area (Å²) < 4.78 is 5.07. The lowest BCUT2D eigenvalue weighted by Gasteiger charge is -2.04. The lowest BCUT2D eigenvalue weighted by Crippen LogP contribution is -2.05. The lowest BCUT2D eigenvalue weighted by molar-refractivity contribution is 0.102. The molecule has 3 nitrogen and oxygen atoms in total. The van der Waals surface area contributed by atoms with Crippen LogP contribution in [0.3, 0.4) is 0 Å². The Labute approximate surface area is 104 Å². The molecule has 0 bridgehead atoms. The summed E-state index contributed by atoms with van der Waals surface area (Å²) in [5.41, 5.74) is 2.89. The van der Waals surface area contributed by atoms with E-state index < -0.39 is 0 Å². The highest BCUT2D eigenvalue weighted by atomic mass is 32.2. The molecule has 0 amide bonds. The summed E-state index contributed by atoms with van der Waals surface area (Å²) in [7, 11) is 0. The number of carbonyl (C=O) groups excluding carboxylic acids is 1. The number of hydrogen-bond acceptors (Lipinski definition) is 4. The normalized spacial score (nSPS) is 10.5. The summed E-state index contributed by atoms with van der Waals surface area (Å²) in [4.78, 5) is 16.0. The molecule has 1 aromatic heterocycles. The highest BCUT2D eigenvalue weighted by Crippen LogP contribution is 2.18. The molecule has 0 fully saturated rings. The van der Waals surface area contributed by atoms with E-state index in [-0.39, 0.29) is 5.78 Å². The molecular formula is C13H13NO2S. The average molecular weight is 247 g/mol. The molecule has 4 heteroatoms. The smallest absolute Gasteiger partial charge is 0.255 e. The first kappa shape index (κ1) is 11.9. The van der Waals surface area contributed by atoms with E-state index in [1.54, 1.807) is 6.20 Å². The zero-order valence-corrected chi connectivity index (χ0v) is 10.6. The van der Waals surface area contributed by atoms with Crippen LogP contribution in [-0.2, 0) is 0 Å². The van der Waals surface area contributed by atoms with Gasteiger partial charge in [0.25, 0.3) is 5.22 Å². The number of benzene rings is 1. The minimum atomic E-state index is 0.106. The van der Waals surface area contributed by atoms with Crippen molar-refractivity contribution in [3.63, 3.8) is 0 Å². The molecule has 0 radical (unpaired) electrons. The van der Waals surface area contributed by atoms with Gasteiger partial charge in [0.15, 0.2) is 5.78 Å². The summed E-state index contributed by atoms with van der Waals surface area (Å²) >= 11 is 1.32. The van der Waals surface area contributed by atoms with E-state index in [2.05, 4.69) is 4.98 Å². The van der Waals surface area contributed by atoms with Crippen molar-refractivity contribution >= 4 is 17.5 Å². The standard InChI is InChI=1S/C13H13NO2S/c1-9-3-4-10(2)11(7-9)12(15)8-17-13-14-5-6-16-13/h3-7H,8H2,1-2H3. The molecule has 0 saturated heterocycles. The fourth-order valence-electron chi connectivity index (χ4n) is 1.52. The minimum absolute atomic E-state index is 0.106. The molecule has 2 aromatic rings. The number of aryl methyl sites for hydroxylation is 2. The fourth-order valence-corrected chi connectivity index (χ4v) is 2.19. The van der Waals surface area contributed by atoms with E-state index in [9.17, 15) is 4.79 Å². The Morgan fingerprint density at radius 2 is 2.24 bits per heavy atom. The van der Waals surface area contributed by atoms with Gasteiger partial charge in [-0.2, -0.15) is 0 Å². The first-order chi connectivity index (χ1) is 8.16. The summed E-state index contributed by atoms with van der Waals surface area (Å²) in [5, 5.41) is 0.531. The molecular weight excluding hydrogens is 234 g/mol. The lowest BCUT2D eigenvalue weighted by atomic mass is 10.0. The summed E-state index contributed by atoms with van der Waals surface area (Å²) in [6.45, 7) is 3.93. The SMILES string of the molecule is Cc1ccc(C)c(C(=O)CSc2ncco2)c1.